The maximum Gasteiger partial charge on any atom is 0.309 e. The zero-order valence-electron chi connectivity index (χ0n) is 22.7. The van der Waals surface area contributed by atoms with Gasteiger partial charge in [0.2, 0.25) is 6.79 Å². The van der Waals surface area contributed by atoms with Gasteiger partial charge in [0.15, 0.2) is 29.1 Å². The maximum atomic E-state index is 13.1. The second-order valence-electron chi connectivity index (χ2n) is 9.02. The average molecular weight is 536 g/mol. The number of rotatable bonds is 13. The standard InChI is InChI=1S/C30H33NO8/c1-19-11-13-24(14-12-19)39-28(23-9-7-6-8-10-23)21(3)38-30(34)20(2)17-25(33)27-29(37-18-36-22(4)32)26(35-5)15-16-31-27/h6-16,20-21,28H,17-18H2,1-5H3/t20-,21+,28+/m1/s1. The predicted octanol–water partition coefficient (Wildman–Crippen LogP) is 5.26. The first kappa shape index (κ1) is 29.2. The Kier molecular flexibility index (Phi) is 10.4. The Bertz CT molecular complexity index is 1260. The van der Waals surface area contributed by atoms with Crippen molar-refractivity contribution in [3.63, 3.8) is 0 Å². The number of esters is 2. The molecular formula is C30H33NO8. The van der Waals surface area contributed by atoms with E-state index in [2.05, 4.69) is 4.98 Å². The van der Waals surface area contributed by atoms with E-state index in [-0.39, 0.29) is 23.6 Å². The molecular weight excluding hydrogens is 502 g/mol. The molecule has 0 fully saturated rings. The molecule has 9 heteroatoms. The molecule has 1 aromatic heterocycles. The molecule has 1 heterocycles. The number of hydrogen-bond acceptors (Lipinski definition) is 9. The molecule has 0 aliphatic heterocycles. The van der Waals surface area contributed by atoms with Gasteiger partial charge in [0.05, 0.1) is 13.0 Å². The summed E-state index contributed by atoms with van der Waals surface area (Å²) < 4.78 is 27.5. The molecule has 39 heavy (non-hydrogen) atoms. The summed E-state index contributed by atoms with van der Waals surface area (Å²) in [5.41, 5.74) is 1.90. The van der Waals surface area contributed by atoms with Crippen molar-refractivity contribution in [2.45, 2.75) is 46.3 Å². The number of pyridine rings is 1. The molecule has 0 saturated heterocycles. The summed E-state index contributed by atoms with van der Waals surface area (Å²) in [6, 6.07) is 18.6. The lowest BCUT2D eigenvalue weighted by atomic mass is 10.0. The quantitative estimate of drug-likeness (QED) is 0.164. The summed E-state index contributed by atoms with van der Waals surface area (Å²) in [4.78, 5) is 41.4. The Labute approximate surface area is 228 Å². The van der Waals surface area contributed by atoms with Gasteiger partial charge in [-0.2, -0.15) is 0 Å². The van der Waals surface area contributed by atoms with Gasteiger partial charge >= 0.3 is 11.9 Å². The Morgan fingerprint density at radius 1 is 0.949 bits per heavy atom. The third-order valence-electron chi connectivity index (χ3n) is 5.85. The fourth-order valence-electron chi connectivity index (χ4n) is 3.76. The van der Waals surface area contributed by atoms with Crippen LogP contribution >= 0.6 is 0 Å². The Balaban J connectivity index is 1.71. The monoisotopic (exact) mass is 535 g/mol. The van der Waals surface area contributed by atoms with Crippen LogP contribution in [0.1, 0.15) is 54.9 Å². The normalized spacial score (nSPS) is 12.9. The smallest absolute Gasteiger partial charge is 0.309 e. The van der Waals surface area contributed by atoms with Crippen molar-refractivity contribution >= 4 is 17.7 Å². The zero-order valence-corrected chi connectivity index (χ0v) is 22.7. The third-order valence-corrected chi connectivity index (χ3v) is 5.85. The lowest BCUT2D eigenvalue weighted by molar-refractivity contribution is -0.157. The van der Waals surface area contributed by atoms with Gasteiger partial charge in [-0.05, 0) is 31.5 Å². The van der Waals surface area contributed by atoms with Crippen LogP contribution in [0.25, 0.3) is 0 Å². The summed E-state index contributed by atoms with van der Waals surface area (Å²) in [6.07, 6.45) is -0.0221. The van der Waals surface area contributed by atoms with Crippen LogP contribution < -0.4 is 14.2 Å². The first-order valence-corrected chi connectivity index (χ1v) is 12.5. The van der Waals surface area contributed by atoms with E-state index < -0.39 is 42.6 Å². The minimum absolute atomic E-state index is 0.0239. The van der Waals surface area contributed by atoms with Gasteiger partial charge in [-0.3, -0.25) is 14.4 Å². The number of aryl methyl sites for hydroxylation is 1. The van der Waals surface area contributed by atoms with Gasteiger partial charge in [0.25, 0.3) is 0 Å². The molecule has 3 rings (SSSR count). The number of nitrogens with zero attached hydrogens (tertiary/aromatic N) is 1. The predicted molar refractivity (Wildman–Crippen MR) is 143 cm³/mol. The summed E-state index contributed by atoms with van der Waals surface area (Å²) in [7, 11) is 1.41. The molecule has 0 spiro atoms. The molecule has 0 amide bonds. The number of Topliss-reactive ketones (excluding diaryl/α,β-unsaturated/α-hetero) is 1. The minimum Gasteiger partial charge on any atom is -0.493 e. The number of ether oxygens (including phenoxy) is 5. The summed E-state index contributed by atoms with van der Waals surface area (Å²) in [5.74, 6) is -1.44. The van der Waals surface area contributed by atoms with Crippen LogP contribution in [0.5, 0.6) is 17.2 Å². The molecule has 3 aromatic rings. The lowest BCUT2D eigenvalue weighted by Gasteiger charge is -2.26. The van der Waals surface area contributed by atoms with Gasteiger partial charge < -0.3 is 23.7 Å². The van der Waals surface area contributed by atoms with Crippen molar-refractivity contribution < 1.29 is 38.1 Å². The number of methoxy groups -OCH3 is 1. The minimum atomic E-state index is -0.787. The molecule has 0 N–H and O–H groups in total. The van der Waals surface area contributed by atoms with Crippen LogP contribution in [0, 0.1) is 12.8 Å². The van der Waals surface area contributed by atoms with Crippen LogP contribution in [-0.2, 0) is 19.1 Å². The van der Waals surface area contributed by atoms with Crippen molar-refractivity contribution in [1.82, 2.24) is 4.98 Å². The Morgan fingerprint density at radius 3 is 2.28 bits per heavy atom. The number of ketones is 1. The SMILES string of the molecule is COc1ccnc(C(=O)C[C@@H](C)C(=O)O[C@@H](C)[C@H](Oc2ccc(C)cc2)c2ccccc2)c1OCOC(C)=O. The van der Waals surface area contributed by atoms with E-state index in [1.54, 1.807) is 13.8 Å². The van der Waals surface area contributed by atoms with Gasteiger partial charge in [-0.25, -0.2) is 4.98 Å². The first-order chi connectivity index (χ1) is 18.7. The van der Waals surface area contributed by atoms with Crippen molar-refractivity contribution in [2.24, 2.45) is 5.92 Å². The average Bonchev–Trinajstić information content (AvgIpc) is 2.92. The summed E-state index contributed by atoms with van der Waals surface area (Å²) in [5, 5.41) is 0. The molecule has 0 saturated carbocycles. The number of hydrogen-bond donors (Lipinski definition) is 0. The van der Waals surface area contributed by atoms with Gasteiger partial charge in [-0.1, -0.05) is 55.0 Å². The number of carbonyl (C=O) groups excluding carboxylic acids is 3. The van der Waals surface area contributed by atoms with Crippen LogP contribution in [0.15, 0.2) is 66.9 Å². The van der Waals surface area contributed by atoms with Crippen LogP contribution in [0.3, 0.4) is 0 Å². The van der Waals surface area contributed by atoms with Crippen molar-refractivity contribution in [1.29, 1.82) is 0 Å². The highest BCUT2D eigenvalue weighted by molar-refractivity contribution is 5.99. The number of benzene rings is 2. The van der Waals surface area contributed by atoms with Crippen molar-refractivity contribution in [3.8, 4) is 17.2 Å². The van der Waals surface area contributed by atoms with E-state index in [1.807, 2.05) is 61.5 Å². The molecule has 3 atom stereocenters. The van der Waals surface area contributed by atoms with E-state index in [4.69, 9.17) is 23.7 Å². The Morgan fingerprint density at radius 2 is 1.64 bits per heavy atom. The lowest BCUT2D eigenvalue weighted by Crippen LogP contribution is -2.30. The van der Waals surface area contributed by atoms with E-state index in [9.17, 15) is 14.4 Å². The third kappa shape index (κ3) is 8.29. The molecule has 0 bridgehead atoms. The highest BCUT2D eigenvalue weighted by Gasteiger charge is 2.29. The van der Waals surface area contributed by atoms with E-state index in [0.29, 0.717) is 5.75 Å². The summed E-state index contributed by atoms with van der Waals surface area (Å²) in [6.45, 7) is 6.16. The molecule has 9 nitrogen and oxygen atoms in total. The molecule has 206 valence electrons. The maximum absolute atomic E-state index is 13.1. The second-order valence-corrected chi connectivity index (χ2v) is 9.02. The van der Waals surface area contributed by atoms with Gasteiger partial charge in [-0.15, -0.1) is 0 Å². The molecule has 2 aromatic carbocycles. The number of aromatic nitrogens is 1. The summed E-state index contributed by atoms with van der Waals surface area (Å²) >= 11 is 0. The zero-order chi connectivity index (χ0) is 28.4. The van der Waals surface area contributed by atoms with Gasteiger partial charge in [0.1, 0.15) is 11.9 Å². The number of carbonyl (C=O) groups is 3. The largest absolute Gasteiger partial charge is 0.493 e. The molecule has 0 unspecified atom stereocenters. The van der Waals surface area contributed by atoms with Crippen LogP contribution in [0.4, 0.5) is 0 Å². The van der Waals surface area contributed by atoms with E-state index >= 15 is 0 Å². The topological polar surface area (TPSA) is 110 Å². The van der Waals surface area contributed by atoms with Crippen LogP contribution in [-0.4, -0.2) is 42.7 Å². The molecule has 0 radical (unpaired) electrons. The van der Waals surface area contributed by atoms with Gasteiger partial charge in [0, 0.05) is 25.6 Å². The fraction of sp³-hybridized carbons (Fsp3) is 0.333. The Hall–Kier alpha value is -4.40. The fourth-order valence-corrected chi connectivity index (χ4v) is 3.76. The van der Waals surface area contributed by atoms with E-state index in [1.165, 1.54) is 26.3 Å². The van der Waals surface area contributed by atoms with Crippen molar-refractivity contribution in [2.75, 3.05) is 13.9 Å². The highest BCUT2D eigenvalue weighted by Crippen LogP contribution is 2.32. The first-order valence-electron chi connectivity index (χ1n) is 12.5. The van der Waals surface area contributed by atoms with E-state index in [0.717, 1.165) is 11.1 Å². The molecule has 0 aliphatic rings. The molecule has 0 aliphatic carbocycles. The van der Waals surface area contributed by atoms with Crippen LogP contribution in [0.2, 0.25) is 0 Å². The highest BCUT2D eigenvalue weighted by atomic mass is 16.7. The van der Waals surface area contributed by atoms with Crippen molar-refractivity contribution in [3.05, 3.63) is 83.7 Å². The second kappa shape index (κ2) is 13.9.